The molecule has 2 fully saturated rings. The van der Waals surface area contributed by atoms with Crippen molar-refractivity contribution < 1.29 is 9.18 Å². The van der Waals surface area contributed by atoms with E-state index in [0.29, 0.717) is 99.9 Å². The van der Waals surface area contributed by atoms with Gasteiger partial charge >= 0.3 is 0 Å². The Morgan fingerprint density at radius 2 is 1.94 bits per heavy atom. The van der Waals surface area contributed by atoms with E-state index in [0.717, 1.165) is 0 Å². The van der Waals surface area contributed by atoms with Gasteiger partial charge in [0.05, 0.1) is 42.2 Å². The number of aromatic nitrogens is 6. The van der Waals surface area contributed by atoms with Gasteiger partial charge in [-0.05, 0) is 78.1 Å². The number of aromatic amines is 1. The summed E-state index contributed by atoms with van der Waals surface area (Å²) in [7, 11) is 7.92. The van der Waals surface area contributed by atoms with Crippen LogP contribution < -0.4 is 4.90 Å². The average Bonchev–Trinajstić information content (AvgIpc) is 3.76. The van der Waals surface area contributed by atoms with E-state index in [1.165, 1.54) is 0 Å². The average molecular weight is 737 g/mol. The van der Waals surface area contributed by atoms with Gasteiger partial charge in [0.15, 0.2) is 17.2 Å². The third kappa shape index (κ3) is 6.35. The summed E-state index contributed by atoms with van der Waals surface area (Å²) < 4.78 is 19.5. The molecule has 5 aromatic rings. The standard InChI is InChI=1S/C38H42ClFN12O/c1-21(17-42)26-15-27-35(34(40)33(26)32-22(2)29(39)16-30-28(32)18-43-45-30)44-38(50-19-25(20-50)49(5)6)36-37(27)52(47-46-36)24-10-13-51(23(14-24)9-11-41)31(53)8-7-12-48(3)4/h7-8,15-16,18,21,23-25H,9-10,12-14,19-20H2,1-6H3,(H,43,45)/b8-7+/t21?,23-,24+/m1/s1. The molecule has 7 rings (SSSR count). The summed E-state index contributed by atoms with van der Waals surface area (Å²) >= 11 is 6.71. The number of nitrogens with zero attached hydrogens (tertiary/aromatic N) is 11. The zero-order valence-corrected chi connectivity index (χ0v) is 31.5. The van der Waals surface area contributed by atoms with Crippen LogP contribution in [0.2, 0.25) is 5.02 Å². The van der Waals surface area contributed by atoms with Gasteiger partial charge in [-0.3, -0.25) is 9.89 Å². The van der Waals surface area contributed by atoms with E-state index in [2.05, 4.69) is 42.4 Å². The van der Waals surface area contributed by atoms with Gasteiger partial charge in [0.2, 0.25) is 5.91 Å². The number of hydrogen-bond donors (Lipinski definition) is 1. The Balaban J connectivity index is 1.43. The van der Waals surface area contributed by atoms with Gasteiger partial charge in [0.25, 0.3) is 0 Å². The topological polar surface area (TPSA) is 150 Å². The number of nitriles is 2. The van der Waals surface area contributed by atoms with Crippen molar-refractivity contribution in [3.8, 4) is 23.3 Å². The Kier molecular flexibility index (Phi) is 9.81. The van der Waals surface area contributed by atoms with Crippen LogP contribution in [0.3, 0.4) is 0 Å². The van der Waals surface area contributed by atoms with Crippen LogP contribution in [-0.4, -0.2) is 117 Å². The van der Waals surface area contributed by atoms with Gasteiger partial charge in [-0.15, -0.1) is 5.10 Å². The Morgan fingerprint density at radius 1 is 1.17 bits per heavy atom. The van der Waals surface area contributed by atoms with Gasteiger partial charge < -0.3 is 19.6 Å². The molecular weight excluding hydrogens is 695 g/mol. The van der Waals surface area contributed by atoms with Crippen LogP contribution in [0, 0.1) is 35.4 Å². The van der Waals surface area contributed by atoms with Gasteiger partial charge in [-0.1, -0.05) is 22.9 Å². The van der Waals surface area contributed by atoms with Crippen molar-refractivity contribution in [3.63, 3.8) is 0 Å². The lowest BCUT2D eigenvalue weighted by molar-refractivity contribution is -0.130. The zero-order chi connectivity index (χ0) is 37.7. The lowest BCUT2D eigenvalue weighted by Crippen LogP contribution is -2.57. The van der Waals surface area contributed by atoms with Crippen molar-refractivity contribution >= 4 is 56.2 Å². The normalized spacial score (nSPS) is 18.8. The quantitative estimate of drug-likeness (QED) is 0.191. The molecule has 0 saturated carbocycles. The number of pyridine rings is 1. The van der Waals surface area contributed by atoms with Gasteiger partial charge in [0.1, 0.15) is 11.0 Å². The molecule has 1 N–H and O–H groups in total. The Bertz CT molecular complexity index is 2340. The molecule has 0 spiro atoms. The Morgan fingerprint density at radius 3 is 2.64 bits per heavy atom. The van der Waals surface area contributed by atoms with E-state index in [1.807, 2.05) is 56.8 Å². The number of anilines is 1. The first kappa shape index (κ1) is 36.2. The molecule has 0 radical (unpaired) electrons. The smallest absolute Gasteiger partial charge is 0.246 e. The summed E-state index contributed by atoms with van der Waals surface area (Å²) in [6.45, 7) is 5.99. The van der Waals surface area contributed by atoms with Crippen molar-refractivity contribution in [3.05, 3.63) is 52.4 Å². The second-order valence-corrected chi connectivity index (χ2v) is 15.1. The molecule has 3 atom stereocenters. The fourth-order valence-corrected chi connectivity index (χ4v) is 7.89. The Labute approximate surface area is 312 Å². The second-order valence-electron chi connectivity index (χ2n) is 14.7. The van der Waals surface area contributed by atoms with Crippen molar-refractivity contribution in [1.82, 2.24) is 44.9 Å². The van der Waals surface area contributed by atoms with Crippen molar-refractivity contribution in [2.24, 2.45) is 0 Å². The van der Waals surface area contributed by atoms with Crippen LogP contribution in [0.1, 0.15) is 49.3 Å². The minimum absolute atomic E-state index is 0.132. The maximum atomic E-state index is 17.7. The number of rotatable bonds is 9. The second kappa shape index (κ2) is 14.3. The maximum Gasteiger partial charge on any atom is 0.246 e. The number of nitrogens with one attached hydrogen (secondary N) is 1. The third-order valence-electron chi connectivity index (χ3n) is 10.8. The highest BCUT2D eigenvalue weighted by atomic mass is 35.5. The number of halogens is 2. The fourth-order valence-electron chi connectivity index (χ4n) is 7.68. The molecule has 2 aliphatic heterocycles. The largest absolute Gasteiger partial charge is 0.351 e. The number of H-pyrrole nitrogens is 1. The lowest BCUT2D eigenvalue weighted by Gasteiger charge is -2.43. The third-order valence-corrected chi connectivity index (χ3v) is 11.2. The van der Waals surface area contributed by atoms with E-state index >= 15 is 4.39 Å². The predicted molar refractivity (Wildman–Crippen MR) is 203 cm³/mol. The molecule has 0 bridgehead atoms. The van der Waals surface area contributed by atoms with Crippen LogP contribution in [0.15, 0.2) is 30.5 Å². The summed E-state index contributed by atoms with van der Waals surface area (Å²) in [6, 6.07) is 7.92. The van der Waals surface area contributed by atoms with Crippen LogP contribution in [0.5, 0.6) is 0 Å². The summed E-state index contributed by atoms with van der Waals surface area (Å²) in [4.78, 5) is 26.3. The number of carbonyl (C=O) groups is 1. The van der Waals surface area contributed by atoms with Crippen molar-refractivity contribution in [2.75, 3.05) is 59.3 Å². The minimum atomic E-state index is -0.700. The molecule has 3 aromatic heterocycles. The first-order valence-electron chi connectivity index (χ1n) is 17.8. The monoisotopic (exact) mass is 736 g/mol. The minimum Gasteiger partial charge on any atom is -0.351 e. The van der Waals surface area contributed by atoms with Crippen LogP contribution >= 0.6 is 11.6 Å². The number of benzene rings is 2. The molecule has 13 nitrogen and oxygen atoms in total. The van der Waals surface area contributed by atoms with Gasteiger partial charge in [-0.2, -0.15) is 15.6 Å². The molecule has 274 valence electrons. The zero-order valence-electron chi connectivity index (χ0n) is 30.7. The molecule has 2 aromatic carbocycles. The molecule has 1 unspecified atom stereocenters. The van der Waals surface area contributed by atoms with Gasteiger partial charge in [-0.25, -0.2) is 14.1 Å². The van der Waals surface area contributed by atoms with Crippen molar-refractivity contribution in [2.45, 2.75) is 57.2 Å². The fraction of sp³-hybridized carbons (Fsp3) is 0.447. The number of piperidine rings is 1. The van der Waals surface area contributed by atoms with Gasteiger partial charge in [0, 0.05) is 71.3 Å². The summed E-state index contributed by atoms with van der Waals surface area (Å²) in [5, 5.41) is 38.2. The highest BCUT2D eigenvalue weighted by Gasteiger charge is 2.37. The van der Waals surface area contributed by atoms with E-state index in [-0.39, 0.29) is 35.5 Å². The van der Waals surface area contributed by atoms with Crippen LogP contribution in [0.25, 0.3) is 44.0 Å². The van der Waals surface area contributed by atoms with E-state index in [9.17, 15) is 15.3 Å². The predicted octanol–water partition coefficient (Wildman–Crippen LogP) is 5.56. The molecule has 2 saturated heterocycles. The molecule has 5 heterocycles. The summed E-state index contributed by atoms with van der Waals surface area (Å²) in [6.07, 6.45) is 6.23. The molecule has 15 heteroatoms. The molecular formula is C38H42ClFN12O. The highest BCUT2D eigenvalue weighted by Crippen LogP contribution is 2.45. The lowest BCUT2D eigenvalue weighted by atomic mass is 9.86. The first-order chi connectivity index (χ1) is 25.4. The highest BCUT2D eigenvalue weighted by molar-refractivity contribution is 6.33. The Hall–Kier alpha value is -5.15. The number of amides is 1. The number of likely N-dealkylation sites (N-methyl/N-ethyl adjacent to an activating group) is 2. The SMILES string of the molecule is Cc1c(Cl)cc2[nH]ncc2c1-c1c(C(C)C#N)cc2c(nc(N3CC(N(C)C)C3)c3nnn([C@H]4CCN(C(=O)/C=C/CN(C)C)[C@H](CC#N)C4)c32)c1F. The number of carbonyl (C=O) groups excluding carboxylic acids is 1. The number of fused-ring (bicyclic) bond motifs is 4. The molecule has 1 amide bonds. The molecule has 53 heavy (non-hydrogen) atoms. The maximum absolute atomic E-state index is 17.7. The molecule has 2 aliphatic rings. The van der Waals surface area contributed by atoms with E-state index in [4.69, 9.17) is 16.6 Å². The van der Waals surface area contributed by atoms with Crippen LogP contribution in [0.4, 0.5) is 10.2 Å². The van der Waals surface area contributed by atoms with Crippen molar-refractivity contribution in [1.29, 1.82) is 10.5 Å². The molecule has 0 aliphatic carbocycles. The summed E-state index contributed by atoms with van der Waals surface area (Å²) in [5.74, 6) is -0.868. The van der Waals surface area contributed by atoms with E-state index in [1.54, 1.807) is 30.2 Å². The number of hydrogen-bond acceptors (Lipinski definition) is 10. The van der Waals surface area contributed by atoms with E-state index < -0.39 is 11.7 Å². The van der Waals surface area contributed by atoms with Crippen LogP contribution in [-0.2, 0) is 4.79 Å². The first-order valence-corrected chi connectivity index (χ1v) is 18.1. The summed E-state index contributed by atoms with van der Waals surface area (Å²) in [5.41, 5.74) is 3.89. The number of likely N-dealkylation sites (tertiary alicyclic amines) is 1.